The van der Waals surface area contributed by atoms with Gasteiger partial charge in [0.05, 0.1) is 13.0 Å². The molecule has 124 valence electrons. The van der Waals surface area contributed by atoms with Crippen molar-refractivity contribution in [2.45, 2.75) is 25.7 Å². The van der Waals surface area contributed by atoms with Gasteiger partial charge in [0, 0.05) is 31.5 Å². The lowest BCUT2D eigenvalue weighted by molar-refractivity contribution is -0.149. The molecule has 1 aromatic rings. The Morgan fingerprint density at radius 3 is 2.57 bits per heavy atom. The molecule has 0 spiro atoms. The molecule has 0 aliphatic carbocycles. The summed E-state index contributed by atoms with van der Waals surface area (Å²) < 4.78 is 17.6. The molecule has 0 saturated carbocycles. The number of halogens is 1. The number of rotatable bonds is 5. The van der Waals surface area contributed by atoms with E-state index >= 15 is 0 Å². The maximum atomic E-state index is 12.8. The van der Waals surface area contributed by atoms with E-state index in [1.54, 1.807) is 4.90 Å². The number of piperidine rings is 1. The van der Waals surface area contributed by atoms with E-state index in [9.17, 15) is 18.8 Å². The van der Waals surface area contributed by atoms with Gasteiger partial charge >= 0.3 is 5.97 Å². The number of methoxy groups -OCH3 is 1. The minimum Gasteiger partial charge on any atom is -0.469 e. The highest BCUT2D eigenvalue weighted by atomic mass is 19.1. The third kappa shape index (κ3) is 4.61. The molecule has 1 amide bonds. The average molecular weight is 321 g/mol. The quantitative estimate of drug-likeness (QED) is 0.616. The fourth-order valence-electron chi connectivity index (χ4n) is 2.72. The minimum atomic E-state index is -0.403. The van der Waals surface area contributed by atoms with E-state index in [-0.39, 0.29) is 36.4 Å². The SMILES string of the molecule is COC(=O)C1CCCN(C(=O)CCC(=O)c2ccc(F)cc2)C1. The normalized spacial score (nSPS) is 17.7. The van der Waals surface area contributed by atoms with Gasteiger partial charge in [-0.25, -0.2) is 4.39 Å². The van der Waals surface area contributed by atoms with Gasteiger partial charge in [-0.2, -0.15) is 0 Å². The molecule has 1 heterocycles. The van der Waals surface area contributed by atoms with E-state index < -0.39 is 5.82 Å². The number of nitrogens with zero attached hydrogens (tertiary/aromatic N) is 1. The van der Waals surface area contributed by atoms with E-state index in [0.29, 0.717) is 25.1 Å². The van der Waals surface area contributed by atoms with Crippen LogP contribution in [0.1, 0.15) is 36.0 Å². The molecular formula is C17H20FNO4. The summed E-state index contributed by atoms with van der Waals surface area (Å²) in [5.74, 6) is -1.33. The molecule has 5 nitrogen and oxygen atoms in total. The van der Waals surface area contributed by atoms with E-state index in [2.05, 4.69) is 0 Å². The molecule has 1 aliphatic heterocycles. The number of carbonyl (C=O) groups excluding carboxylic acids is 3. The molecule has 0 radical (unpaired) electrons. The van der Waals surface area contributed by atoms with Crippen LogP contribution in [0.4, 0.5) is 4.39 Å². The molecule has 6 heteroatoms. The summed E-state index contributed by atoms with van der Waals surface area (Å²) in [6, 6.07) is 5.27. The number of esters is 1. The predicted molar refractivity (Wildman–Crippen MR) is 81.3 cm³/mol. The second-order valence-corrected chi connectivity index (χ2v) is 5.63. The fourth-order valence-corrected chi connectivity index (χ4v) is 2.72. The first kappa shape index (κ1) is 17.1. The highest BCUT2D eigenvalue weighted by Gasteiger charge is 2.28. The molecule has 1 atom stereocenters. The number of hydrogen-bond acceptors (Lipinski definition) is 4. The first-order valence-electron chi connectivity index (χ1n) is 7.65. The van der Waals surface area contributed by atoms with Gasteiger partial charge in [-0.05, 0) is 37.1 Å². The molecule has 23 heavy (non-hydrogen) atoms. The first-order chi connectivity index (χ1) is 11.0. The maximum absolute atomic E-state index is 12.8. The number of ketones is 1. The van der Waals surface area contributed by atoms with Gasteiger partial charge in [-0.3, -0.25) is 14.4 Å². The Morgan fingerprint density at radius 2 is 1.91 bits per heavy atom. The molecule has 1 saturated heterocycles. The predicted octanol–water partition coefficient (Wildman–Crippen LogP) is 2.20. The molecule has 1 unspecified atom stereocenters. The monoisotopic (exact) mass is 321 g/mol. The number of amides is 1. The van der Waals surface area contributed by atoms with Gasteiger partial charge in [0.2, 0.25) is 5.91 Å². The molecule has 0 aromatic heterocycles. The Balaban J connectivity index is 1.85. The topological polar surface area (TPSA) is 63.7 Å². The summed E-state index contributed by atoms with van der Waals surface area (Å²) >= 11 is 0. The van der Waals surface area contributed by atoms with Crippen molar-refractivity contribution in [3.05, 3.63) is 35.6 Å². The van der Waals surface area contributed by atoms with Gasteiger partial charge in [0.25, 0.3) is 0 Å². The molecule has 1 aliphatic rings. The van der Waals surface area contributed by atoms with Crippen LogP contribution in [-0.2, 0) is 14.3 Å². The number of hydrogen-bond donors (Lipinski definition) is 0. The van der Waals surface area contributed by atoms with Crippen molar-refractivity contribution in [2.24, 2.45) is 5.92 Å². The van der Waals surface area contributed by atoms with Crippen LogP contribution in [0.15, 0.2) is 24.3 Å². The van der Waals surface area contributed by atoms with Crippen LogP contribution in [0.25, 0.3) is 0 Å². The van der Waals surface area contributed by atoms with Crippen molar-refractivity contribution < 1.29 is 23.5 Å². The Hall–Kier alpha value is -2.24. The molecule has 1 fully saturated rings. The van der Waals surface area contributed by atoms with Crippen molar-refractivity contribution >= 4 is 17.7 Å². The second kappa shape index (κ2) is 7.85. The van der Waals surface area contributed by atoms with Crippen molar-refractivity contribution in [2.75, 3.05) is 20.2 Å². The van der Waals surface area contributed by atoms with E-state index in [4.69, 9.17) is 4.74 Å². The van der Waals surface area contributed by atoms with Crippen LogP contribution in [0.3, 0.4) is 0 Å². The van der Waals surface area contributed by atoms with Gasteiger partial charge in [-0.1, -0.05) is 0 Å². The summed E-state index contributed by atoms with van der Waals surface area (Å²) in [7, 11) is 1.34. The molecule has 0 N–H and O–H groups in total. The van der Waals surface area contributed by atoms with E-state index in [1.165, 1.54) is 31.4 Å². The highest BCUT2D eigenvalue weighted by Crippen LogP contribution is 2.19. The lowest BCUT2D eigenvalue weighted by Crippen LogP contribution is -2.42. The van der Waals surface area contributed by atoms with Gasteiger partial charge < -0.3 is 9.64 Å². The number of carbonyl (C=O) groups is 3. The van der Waals surface area contributed by atoms with Crippen LogP contribution >= 0.6 is 0 Å². The van der Waals surface area contributed by atoms with Crippen molar-refractivity contribution in [3.63, 3.8) is 0 Å². The zero-order valence-corrected chi connectivity index (χ0v) is 13.1. The summed E-state index contributed by atoms with van der Waals surface area (Å²) in [4.78, 5) is 37.4. The zero-order valence-electron chi connectivity index (χ0n) is 13.1. The summed E-state index contributed by atoms with van der Waals surface area (Å²) in [5, 5.41) is 0. The lowest BCUT2D eigenvalue weighted by atomic mass is 9.97. The summed E-state index contributed by atoms with van der Waals surface area (Å²) in [6.45, 7) is 0.938. The highest BCUT2D eigenvalue weighted by molar-refractivity contribution is 5.97. The Kier molecular flexibility index (Phi) is 5.84. The molecule has 1 aromatic carbocycles. The largest absolute Gasteiger partial charge is 0.469 e. The molecular weight excluding hydrogens is 301 g/mol. The Bertz CT molecular complexity index is 585. The summed E-state index contributed by atoms with van der Waals surface area (Å²) in [6.07, 6.45) is 1.62. The van der Waals surface area contributed by atoms with Crippen molar-refractivity contribution in [3.8, 4) is 0 Å². The van der Waals surface area contributed by atoms with Crippen molar-refractivity contribution in [1.29, 1.82) is 0 Å². The second-order valence-electron chi connectivity index (χ2n) is 5.63. The van der Waals surface area contributed by atoms with Crippen LogP contribution < -0.4 is 0 Å². The number of Topliss-reactive ketones (excluding diaryl/α,β-unsaturated/α-hetero) is 1. The van der Waals surface area contributed by atoms with Crippen LogP contribution in [0.2, 0.25) is 0 Å². The number of ether oxygens (including phenoxy) is 1. The van der Waals surface area contributed by atoms with E-state index in [0.717, 1.165) is 6.42 Å². The average Bonchev–Trinajstić information content (AvgIpc) is 2.59. The zero-order chi connectivity index (χ0) is 16.8. The van der Waals surface area contributed by atoms with Crippen molar-refractivity contribution in [1.82, 2.24) is 4.90 Å². The summed E-state index contributed by atoms with van der Waals surface area (Å²) in [5.41, 5.74) is 0.394. The van der Waals surface area contributed by atoms with Crippen LogP contribution in [0.5, 0.6) is 0 Å². The van der Waals surface area contributed by atoms with Crippen LogP contribution in [0, 0.1) is 11.7 Å². The minimum absolute atomic E-state index is 0.0733. The lowest BCUT2D eigenvalue weighted by Gasteiger charge is -2.31. The first-order valence-corrected chi connectivity index (χ1v) is 7.65. The number of likely N-dealkylation sites (tertiary alicyclic amines) is 1. The van der Waals surface area contributed by atoms with Gasteiger partial charge in [0.15, 0.2) is 5.78 Å². The van der Waals surface area contributed by atoms with E-state index in [1.807, 2.05) is 0 Å². The number of benzene rings is 1. The maximum Gasteiger partial charge on any atom is 0.310 e. The third-order valence-corrected chi connectivity index (χ3v) is 4.04. The molecule has 2 rings (SSSR count). The third-order valence-electron chi connectivity index (χ3n) is 4.04. The van der Waals surface area contributed by atoms with Crippen LogP contribution in [-0.4, -0.2) is 42.8 Å². The standard InChI is InChI=1S/C17H20FNO4/c1-23-17(22)13-3-2-10-19(11-13)16(21)9-8-15(20)12-4-6-14(18)7-5-12/h4-7,13H,2-3,8-11H2,1H3. The van der Waals surface area contributed by atoms with Gasteiger partial charge in [-0.15, -0.1) is 0 Å². The smallest absolute Gasteiger partial charge is 0.310 e. The molecule has 0 bridgehead atoms. The Labute approximate surface area is 134 Å². The Morgan fingerprint density at radius 1 is 1.22 bits per heavy atom. The van der Waals surface area contributed by atoms with Gasteiger partial charge in [0.1, 0.15) is 5.82 Å². The fraction of sp³-hybridized carbons (Fsp3) is 0.471.